The van der Waals surface area contributed by atoms with Crippen LogP contribution in [0, 0.1) is 0 Å². The Bertz CT molecular complexity index is 946. The Labute approximate surface area is 159 Å². The van der Waals surface area contributed by atoms with Crippen LogP contribution in [0.1, 0.15) is 38.4 Å². The Balaban J connectivity index is 1.62. The molecule has 27 heavy (non-hydrogen) atoms. The molecule has 140 valence electrons. The minimum atomic E-state index is 0.114. The molecule has 1 amide bonds. The fourth-order valence-electron chi connectivity index (χ4n) is 3.88. The number of benzene rings is 2. The molecule has 0 radical (unpaired) electrons. The van der Waals surface area contributed by atoms with Gasteiger partial charge in [-0.2, -0.15) is 0 Å². The van der Waals surface area contributed by atoms with Crippen LogP contribution in [0.15, 0.2) is 48.5 Å². The molecule has 1 atom stereocenters. The van der Waals surface area contributed by atoms with Gasteiger partial charge in [-0.15, -0.1) is 0 Å². The fraction of sp³-hybridized carbons (Fsp3) is 0.364. The van der Waals surface area contributed by atoms with Crippen LogP contribution in [0.3, 0.4) is 0 Å². The maximum atomic E-state index is 12.7. The molecule has 1 aromatic heterocycles. The number of carbonyl (C=O) groups is 1. The van der Waals surface area contributed by atoms with Crippen molar-refractivity contribution < 1.29 is 9.53 Å². The highest BCUT2D eigenvalue weighted by atomic mass is 16.5. The van der Waals surface area contributed by atoms with Crippen molar-refractivity contribution in [1.82, 2.24) is 9.55 Å². The number of fused-ring (bicyclic) bond motifs is 1. The van der Waals surface area contributed by atoms with Gasteiger partial charge in [-0.3, -0.25) is 4.79 Å². The number of amides is 1. The van der Waals surface area contributed by atoms with E-state index in [1.165, 1.54) is 0 Å². The second-order valence-electron chi connectivity index (χ2n) is 6.94. The topological polar surface area (TPSA) is 47.4 Å². The molecular weight excluding hydrogens is 338 g/mol. The van der Waals surface area contributed by atoms with E-state index in [4.69, 9.17) is 9.72 Å². The maximum absolute atomic E-state index is 12.7. The fourth-order valence-corrected chi connectivity index (χ4v) is 3.88. The highest BCUT2D eigenvalue weighted by molar-refractivity contribution is 5.96. The van der Waals surface area contributed by atoms with E-state index in [-0.39, 0.29) is 11.8 Å². The van der Waals surface area contributed by atoms with Crippen LogP contribution in [-0.2, 0) is 11.3 Å². The summed E-state index contributed by atoms with van der Waals surface area (Å²) in [5, 5.41) is 0. The Morgan fingerprint density at radius 3 is 2.63 bits per heavy atom. The zero-order valence-electron chi connectivity index (χ0n) is 15.9. The smallest absolute Gasteiger partial charge is 0.227 e. The second kappa shape index (κ2) is 7.43. The monoisotopic (exact) mass is 363 g/mol. The van der Waals surface area contributed by atoms with E-state index in [2.05, 4.69) is 17.6 Å². The van der Waals surface area contributed by atoms with Crippen molar-refractivity contribution in [2.75, 3.05) is 18.1 Å². The van der Waals surface area contributed by atoms with Crippen molar-refractivity contribution in [2.24, 2.45) is 0 Å². The molecule has 4 rings (SSSR count). The van der Waals surface area contributed by atoms with Crippen LogP contribution < -0.4 is 9.64 Å². The SMILES string of the molecule is CCCn1c([C@H]2CC(=O)N(c3ccc(OCC)cc3)C2)nc2ccccc21. The Morgan fingerprint density at radius 1 is 1.11 bits per heavy atom. The lowest BCUT2D eigenvalue weighted by Crippen LogP contribution is -2.24. The van der Waals surface area contributed by atoms with Gasteiger partial charge in [0.25, 0.3) is 0 Å². The van der Waals surface area contributed by atoms with Gasteiger partial charge < -0.3 is 14.2 Å². The summed E-state index contributed by atoms with van der Waals surface area (Å²) in [5.74, 6) is 2.12. The average molecular weight is 363 g/mol. The van der Waals surface area contributed by atoms with Crippen molar-refractivity contribution in [3.8, 4) is 5.75 Å². The third-order valence-electron chi connectivity index (χ3n) is 5.08. The van der Waals surface area contributed by atoms with E-state index in [0.29, 0.717) is 19.6 Å². The minimum Gasteiger partial charge on any atom is -0.494 e. The molecule has 0 aliphatic carbocycles. The van der Waals surface area contributed by atoms with Crippen LogP contribution in [0.2, 0.25) is 0 Å². The van der Waals surface area contributed by atoms with Gasteiger partial charge in [0.1, 0.15) is 11.6 Å². The zero-order chi connectivity index (χ0) is 18.8. The summed E-state index contributed by atoms with van der Waals surface area (Å²) in [6.07, 6.45) is 1.54. The van der Waals surface area contributed by atoms with Gasteiger partial charge in [0, 0.05) is 31.1 Å². The molecule has 0 bridgehead atoms. The molecule has 1 aliphatic rings. The number of rotatable bonds is 6. The van der Waals surface area contributed by atoms with E-state index in [1.807, 2.05) is 54.3 Å². The normalized spacial score (nSPS) is 17.0. The summed E-state index contributed by atoms with van der Waals surface area (Å²) >= 11 is 0. The molecule has 0 saturated carbocycles. The number of anilines is 1. The van der Waals surface area contributed by atoms with Crippen molar-refractivity contribution in [1.29, 1.82) is 0 Å². The van der Waals surface area contributed by atoms with Gasteiger partial charge in [0.2, 0.25) is 5.91 Å². The molecule has 0 N–H and O–H groups in total. The highest BCUT2D eigenvalue weighted by Gasteiger charge is 2.34. The summed E-state index contributed by atoms with van der Waals surface area (Å²) in [6, 6.07) is 16.0. The van der Waals surface area contributed by atoms with Gasteiger partial charge in [-0.05, 0) is 49.7 Å². The molecule has 1 aliphatic heterocycles. The lowest BCUT2D eigenvalue weighted by molar-refractivity contribution is -0.117. The highest BCUT2D eigenvalue weighted by Crippen LogP contribution is 2.33. The summed E-state index contributed by atoms with van der Waals surface area (Å²) in [5.41, 5.74) is 3.08. The molecule has 0 spiro atoms. The molecule has 3 aromatic rings. The Morgan fingerprint density at radius 2 is 1.89 bits per heavy atom. The Kier molecular flexibility index (Phi) is 4.84. The largest absolute Gasteiger partial charge is 0.494 e. The van der Waals surface area contributed by atoms with Gasteiger partial charge in [-0.25, -0.2) is 4.98 Å². The van der Waals surface area contributed by atoms with Crippen LogP contribution >= 0.6 is 0 Å². The number of carbonyl (C=O) groups excluding carboxylic acids is 1. The van der Waals surface area contributed by atoms with Gasteiger partial charge in [0.05, 0.1) is 17.6 Å². The molecule has 2 aromatic carbocycles. The summed E-state index contributed by atoms with van der Waals surface area (Å²) in [7, 11) is 0. The van der Waals surface area contributed by atoms with Crippen LogP contribution in [0.4, 0.5) is 5.69 Å². The molecule has 1 fully saturated rings. The van der Waals surface area contributed by atoms with E-state index >= 15 is 0 Å². The maximum Gasteiger partial charge on any atom is 0.227 e. The number of imidazole rings is 1. The first-order valence-electron chi connectivity index (χ1n) is 9.69. The molecule has 0 unspecified atom stereocenters. The summed E-state index contributed by atoms with van der Waals surface area (Å²) < 4.78 is 7.79. The predicted molar refractivity (Wildman–Crippen MR) is 107 cm³/mol. The number of ether oxygens (including phenoxy) is 1. The summed E-state index contributed by atoms with van der Waals surface area (Å²) in [6.45, 7) is 6.36. The van der Waals surface area contributed by atoms with Gasteiger partial charge >= 0.3 is 0 Å². The standard InChI is InChI=1S/C22H25N3O2/c1-3-13-24-20-8-6-5-7-19(20)23-22(24)16-14-21(26)25(15-16)17-9-11-18(12-10-17)27-4-2/h5-12,16H,3-4,13-15H2,1-2H3/t16-/m0/s1. The number of aromatic nitrogens is 2. The predicted octanol–water partition coefficient (Wildman–Crippen LogP) is 4.37. The van der Waals surface area contributed by atoms with Gasteiger partial charge in [-0.1, -0.05) is 19.1 Å². The molecular formula is C22H25N3O2. The number of hydrogen-bond acceptors (Lipinski definition) is 3. The van der Waals surface area contributed by atoms with Crippen LogP contribution in [-0.4, -0.2) is 28.6 Å². The van der Waals surface area contributed by atoms with Crippen molar-refractivity contribution in [2.45, 2.75) is 39.2 Å². The molecule has 1 saturated heterocycles. The molecule has 5 heteroatoms. The summed E-state index contributed by atoms with van der Waals surface area (Å²) in [4.78, 5) is 19.5. The van der Waals surface area contributed by atoms with E-state index in [9.17, 15) is 4.79 Å². The van der Waals surface area contributed by atoms with Crippen LogP contribution in [0.5, 0.6) is 5.75 Å². The first-order chi connectivity index (χ1) is 13.2. The third-order valence-corrected chi connectivity index (χ3v) is 5.08. The third kappa shape index (κ3) is 3.29. The van der Waals surface area contributed by atoms with Gasteiger partial charge in [0.15, 0.2) is 0 Å². The van der Waals surface area contributed by atoms with Crippen molar-refractivity contribution in [3.63, 3.8) is 0 Å². The average Bonchev–Trinajstić information content (AvgIpc) is 3.24. The zero-order valence-corrected chi connectivity index (χ0v) is 15.9. The molecule has 5 nitrogen and oxygen atoms in total. The second-order valence-corrected chi connectivity index (χ2v) is 6.94. The van der Waals surface area contributed by atoms with Crippen molar-refractivity contribution >= 4 is 22.6 Å². The molecule has 2 heterocycles. The van der Waals surface area contributed by atoms with Crippen LogP contribution in [0.25, 0.3) is 11.0 Å². The number of hydrogen-bond donors (Lipinski definition) is 0. The number of aryl methyl sites for hydroxylation is 1. The van der Waals surface area contributed by atoms with E-state index < -0.39 is 0 Å². The van der Waals surface area contributed by atoms with E-state index in [0.717, 1.165) is 41.3 Å². The van der Waals surface area contributed by atoms with E-state index in [1.54, 1.807) is 0 Å². The lowest BCUT2D eigenvalue weighted by Gasteiger charge is -2.18. The minimum absolute atomic E-state index is 0.114. The first-order valence-corrected chi connectivity index (χ1v) is 9.69. The number of para-hydroxylation sites is 2. The quantitative estimate of drug-likeness (QED) is 0.653. The van der Waals surface area contributed by atoms with Crippen molar-refractivity contribution in [3.05, 3.63) is 54.4 Å². The Hall–Kier alpha value is -2.82. The lowest BCUT2D eigenvalue weighted by atomic mass is 10.1. The number of nitrogens with zero attached hydrogens (tertiary/aromatic N) is 3. The first kappa shape index (κ1) is 17.6.